The van der Waals surface area contributed by atoms with E-state index < -0.39 is 0 Å². The molecule has 0 aliphatic heterocycles. The molecule has 3 rings (SSSR count). The van der Waals surface area contributed by atoms with E-state index in [0.717, 1.165) is 24.5 Å². The van der Waals surface area contributed by atoms with Crippen molar-refractivity contribution in [2.24, 2.45) is 4.99 Å². The molecule has 0 atom stereocenters. The van der Waals surface area contributed by atoms with Gasteiger partial charge in [0, 0.05) is 30.2 Å². The van der Waals surface area contributed by atoms with Crippen LogP contribution in [0.3, 0.4) is 0 Å². The number of nitrogens with one attached hydrogen (secondary N) is 2. The van der Waals surface area contributed by atoms with Crippen LogP contribution in [0.5, 0.6) is 17.4 Å². The van der Waals surface area contributed by atoms with Crippen LogP contribution >= 0.6 is 11.3 Å². The third-order valence-corrected chi connectivity index (χ3v) is 4.92. The highest BCUT2D eigenvalue weighted by molar-refractivity contribution is 7.09. The average Bonchev–Trinajstić information content (AvgIpc) is 3.28. The van der Waals surface area contributed by atoms with Gasteiger partial charge in [-0.2, -0.15) is 0 Å². The Morgan fingerprint density at radius 3 is 2.62 bits per heavy atom. The molecule has 3 aromatic rings. The number of hydrogen-bond acceptors (Lipinski definition) is 5. The van der Waals surface area contributed by atoms with Gasteiger partial charge in [0.25, 0.3) is 0 Å². The van der Waals surface area contributed by atoms with Crippen molar-refractivity contribution in [3.8, 4) is 17.4 Å². The van der Waals surface area contributed by atoms with E-state index in [4.69, 9.17) is 9.47 Å². The summed E-state index contributed by atoms with van der Waals surface area (Å²) < 4.78 is 11.9. The monoisotopic (exact) mass is 410 g/mol. The summed E-state index contributed by atoms with van der Waals surface area (Å²) in [5, 5.41) is 8.69. The molecule has 2 N–H and O–H groups in total. The van der Waals surface area contributed by atoms with E-state index in [-0.39, 0.29) is 0 Å². The van der Waals surface area contributed by atoms with E-state index in [1.54, 1.807) is 24.6 Å². The van der Waals surface area contributed by atoms with Gasteiger partial charge in [-0.15, -0.1) is 11.3 Å². The molecule has 2 heterocycles. The summed E-state index contributed by atoms with van der Waals surface area (Å²) in [7, 11) is 1.76. The van der Waals surface area contributed by atoms with Crippen LogP contribution in [0.2, 0.25) is 0 Å². The summed E-state index contributed by atoms with van der Waals surface area (Å²) in [6, 6.07) is 15.7. The smallest absolute Gasteiger partial charge is 0.224 e. The normalized spacial score (nSPS) is 11.2. The quantitative estimate of drug-likeness (QED) is 0.399. The minimum Gasteiger partial charge on any atom is -0.490 e. The number of nitrogens with zero attached hydrogens (tertiary/aromatic N) is 2. The highest BCUT2D eigenvalue weighted by Gasteiger charge is 2.11. The summed E-state index contributed by atoms with van der Waals surface area (Å²) in [6.07, 6.45) is 2.66. The Morgan fingerprint density at radius 1 is 1.03 bits per heavy atom. The summed E-state index contributed by atoms with van der Waals surface area (Å²) in [4.78, 5) is 9.94. The lowest BCUT2D eigenvalue weighted by molar-refractivity contribution is 0.300. The van der Waals surface area contributed by atoms with Crippen LogP contribution in [0.15, 0.2) is 65.1 Å². The molecule has 0 aliphatic rings. The lowest BCUT2D eigenvalue weighted by Gasteiger charge is -2.15. The van der Waals surface area contributed by atoms with Crippen molar-refractivity contribution in [1.29, 1.82) is 0 Å². The molecule has 0 amide bonds. The SMILES string of the molecule is CCCOc1ccccc1Oc1ncccc1CNC(=NC)NCc1cccs1. The van der Waals surface area contributed by atoms with Gasteiger partial charge in [-0.25, -0.2) is 4.98 Å². The zero-order valence-electron chi connectivity index (χ0n) is 16.7. The Balaban J connectivity index is 1.64. The number of rotatable bonds is 9. The number of pyridine rings is 1. The van der Waals surface area contributed by atoms with E-state index in [1.165, 1.54) is 4.88 Å². The van der Waals surface area contributed by atoms with Crippen molar-refractivity contribution in [3.63, 3.8) is 0 Å². The second-order valence-corrected chi connectivity index (χ2v) is 7.26. The fraction of sp³-hybridized carbons (Fsp3) is 0.273. The zero-order valence-corrected chi connectivity index (χ0v) is 17.5. The van der Waals surface area contributed by atoms with Crippen LogP contribution in [0.4, 0.5) is 0 Å². The van der Waals surface area contributed by atoms with E-state index >= 15 is 0 Å². The third-order valence-electron chi connectivity index (χ3n) is 4.05. The first-order valence-corrected chi connectivity index (χ1v) is 10.5. The molecule has 0 saturated heterocycles. The first-order valence-electron chi connectivity index (χ1n) is 9.60. The summed E-state index contributed by atoms with van der Waals surface area (Å²) in [5.74, 6) is 2.63. The summed E-state index contributed by atoms with van der Waals surface area (Å²) in [6.45, 7) is 3.98. The van der Waals surface area contributed by atoms with Gasteiger partial charge in [-0.1, -0.05) is 31.2 Å². The Kier molecular flexibility index (Phi) is 7.89. The highest BCUT2D eigenvalue weighted by Crippen LogP contribution is 2.31. The Morgan fingerprint density at radius 2 is 1.86 bits per heavy atom. The molecule has 152 valence electrons. The molecule has 0 fully saturated rings. The van der Waals surface area contributed by atoms with Gasteiger partial charge in [0.1, 0.15) is 0 Å². The van der Waals surface area contributed by atoms with Crippen molar-refractivity contribution in [2.75, 3.05) is 13.7 Å². The Hall–Kier alpha value is -3.06. The van der Waals surface area contributed by atoms with Crippen molar-refractivity contribution in [2.45, 2.75) is 26.4 Å². The maximum atomic E-state index is 6.09. The lowest BCUT2D eigenvalue weighted by atomic mass is 10.2. The first-order chi connectivity index (χ1) is 14.3. The van der Waals surface area contributed by atoms with Crippen molar-refractivity contribution in [3.05, 3.63) is 70.5 Å². The van der Waals surface area contributed by atoms with Crippen LogP contribution in [0, 0.1) is 0 Å². The summed E-state index contributed by atoms with van der Waals surface area (Å²) in [5.41, 5.74) is 0.928. The molecule has 29 heavy (non-hydrogen) atoms. The summed E-state index contributed by atoms with van der Waals surface area (Å²) >= 11 is 1.71. The highest BCUT2D eigenvalue weighted by atomic mass is 32.1. The largest absolute Gasteiger partial charge is 0.490 e. The number of benzene rings is 1. The van der Waals surface area contributed by atoms with Gasteiger partial charge in [0.15, 0.2) is 17.5 Å². The number of thiophene rings is 1. The van der Waals surface area contributed by atoms with E-state index in [2.05, 4.69) is 39.0 Å². The molecular weight excluding hydrogens is 384 g/mol. The molecule has 7 heteroatoms. The molecule has 0 spiro atoms. The maximum absolute atomic E-state index is 6.09. The van der Waals surface area contributed by atoms with Gasteiger partial charge >= 0.3 is 0 Å². The van der Waals surface area contributed by atoms with Crippen LogP contribution in [-0.2, 0) is 13.1 Å². The molecule has 0 bridgehead atoms. The third kappa shape index (κ3) is 6.22. The minimum atomic E-state index is 0.533. The molecule has 2 aromatic heterocycles. The maximum Gasteiger partial charge on any atom is 0.224 e. The fourth-order valence-corrected chi connectivity index (χ4v) is 3.25. The number of aliphatic imine (C=N–C) groups is 1. The minimum absolute atomic E-state index is 0.533. The van der Waals surface area contributed by atoms with Crippen LogP contribution < -0.4 is 20.1 Å². The molecule has 0 saturated carbocycles. The van der Waals surface area contributed by atoms with Crippen LogP contribution in [-0.4, -0.2) is 24.6 Å². The Labute approximate surface area is 175 Å². The number of guanidine groups is 1. The van der Waals surface area contributed by atoms with Crippen LogP contribution in [0.1, 0.15) is 23.8 Å². The van der Waals surface area contributed by atoms with Crippen molar-refractivity contribution >= 4 is 17.3 Å². The van der Waals surface area contributed by atoms with Gasteiger partial charge in [-0.3, -0.25) is 4.99 Å². The number of ether oxygens (including phenoxy) is 2. The van der Waals surface area contributed by atoms with Crippen molar-refractivity contribution in [1.82, 2.24) is 15.6 Å². The second kappa shape index (κ2) is 11.1. The zero-order chi connectivity index (χ0) is 20.3. The predicted octanol–water partition coefficient (Wildman–Crippen LogP) is 4.59. The standard InChI is InChI=1S/C22H26N4O2S/c1-3-13-27-19-10-4-5-11-20(19)28-21-17(8-6-12-24-21)15-25-22(23-2)26-16-18-9-7-14-29-18/h4-12,14H,3,13,15-16H2,1-2H3,(H2,23,25,26). The number of hydrogen-bond donors (Lipinski definition) is 2. The molecule has 0 aliphatic carbocycles. The Bertz CT molecular complexity index is 913. The fourth-order valence-electron chi connectivity index (χ4n) is 2.60. The van der Waals surface area contributed by atoms with Gasteiger partial charge < -0.3 is 20.1 Å². The average molecular weight is 411 g/mol. The molecule has 6 nitrogen and oxygen atoms in total. The first kappa shape index (κ1) is 20.7. The van der Waals surface area contributed by atoms with Gasteiger partial charge in [0.05, 0.1) is 13.2 Å². The van der Waals surface area contributed by atoms with Gasteiger partial charge in [0.2, 0.25) is 5.88 Å². The molecule has 0 unspecified atom stereocenters. The van der Waals surface area contributed by atoms with E-state index in [0.29, 0.717) is 30.5 Å². The van der Waals surface area contributed by atoms with E-state index in [1.807, 2.05) is 42.5 Å². The topological polar surface area (TPSA) is 67.8 Å². The van der Waals surface area contributed by atoms with Crippen molar-refractivity contribution < 1.29 is 9.47 Å². The lowest BCUT2D eigenvalue weighted by Crippen LogP contribution is -2.36. The second-order valence-electron chi connectivity index (χ2n) is 6.22. The molecule has 0 radical (unpaired) electrons. The number of aromatic nitrogens is 1. The molecule has 1 aromatic carbocycles. The van der Waals surface area contributed by atoms with E-state index in [9.17, 15) is 0 Å². The van der Waals surface area contributed by atoms with Gasteiger partial charge in [-0.05, 0) is 36.1 Å². The number of para-hydroxylation sites is 2. The molecular formula is C22H26N4O2S. The van der Waals surface area contributed by atoms with Crippen LogP contribution in [0.25, 0.3) is 0 Å². The predicted molar refractivity (Wildman–Crippen MR) is 118 cm³/mol.